The van der Waals surface area contributed by atoms with Crippen LogP contribution in [0.15, 0.2) is 109 Å². The van der Waals surface area contributed by atoms with Crippen LogP contribution in [0.4, 0.5) is 0 Å². The van der Waals surface area contributed by atoms with Gasteiger partial charge in [-0.25, -0.2) is 0 Å². The number of halogens is 2. The molecule has 0 spiro atoms. The van der Waals surface area contributed by atoms with Crippen LogP contribution < -0.4 is 20.4 Å². The molecule has 4 aromatic carbocycles. The van der Waals surface area contributed by atoms with Gasteiger partial charge in [0.2, 0.25) is 0 Å². The number of fused-ring (bicyclic) bond motifs is 1. The summed E-state index contributed by atoms with van der Waals surface area (Å²) in [5.74, 6) is 1.08. The molecule has 4 aromatic rings. The van der Waals surface area contributed by atoms with E-state index in [4.69, 9.17) is 48.8 Å². The molecular formula is C33H31Cl2NO4P2S. The van der Waals surface area contributed by atoms with Crippen molar-refractivity contribution in [1.29, 1.82) is 0 Å². The van der Waals surface area contributed by atoms with Gasteiger partial charge in [0.15, 0.2) is 0 Å². The molecule has 1 fully saturated rings. The number of rotatable bonds is 6. The second-order valence-corrected chi connectivity index (χ2v) is 18.4. The molecule has 1 saturated heterocycles. The third-order valence-electron chi connectivity index (χ3n) is 7.45. The van der Waals surface area contributed by atoms with E-state index in [2.05, 4.69) is 29.4 Å². The fraction of sp³-hybridized carbons (Fsp3) is 0.212. The smallest absolute Gasteiger partial charge is 0.365 e. The van der Waals surface area contributed by atoms with Crippen LogP contribution in [0.3, 0.4) is 0 Å². The average molecular weight is 671 g/mol. The van der Waals surface area contributed by atoms with E-state index >= 15 is 0 Å². The first-order chi connectivity index (χ1) is 20.6. The summed E-state index contributed by atoms with van der Waals surface area (Å²) in [5.41, 5.74) is 1.25. The zero-order chi connectivity index (χ0) is 30.2. The summed E-state index contributed by atoms with van der Waals surface area (Å²) in [6, 6.07) is 32.6. The molecule has 0 radical (unpaired) electrons. The maximum atomic E-state index is 14.5. The Bertz CT molecular complexity index is 1710. The fourth-order valence-corrected chi connectivity index (χ4v) is 11.4. The van der Waals surface area contributed by atoms with Crippen molar-refractivity contribution >= 4 is 64.7 Å². The van der Waals surface area contributed by atoms with Crippen molar-refractivity contribution in [3.8, 4) is 5.75 Å². The summed E-state index contributed by atoms with van der Waals surface area (Å²) in [6.07, 6.45) is -2.22. The van der Waals surface area contributed by atoms with Crippen molar-refractivity contribution in [3.63, 3.8) is 0 Å². The Balaban J connectivity index is 1.52. The highest BCUT2D eigenvalue weighted by atomic mass is 35.5. The summed E-state index contributed by atoms with van der Waals surface area (Å²) in [6.45, 7) is 4.60. The Kier molecular flexibility index (Phi) is 8.78. The van der Waals surface area contributed by atoms with Gasteiger partial charge >= 0.3 is 7.60 Å². The van der Waals surface area contributed by atoms with Gasteiger partial charge in [0.1, 0.15) is 16.8 Å². The molecule has 1 N–H and O–H groups in total. The third kappa shape index (κ3) is 6.45. The van der Waals surface area contributed by atoms with E-state index in [1.54, 1.807) is 18.2 Å². The van der Waals surface area contributed by atoms with Crippen molar-refractivity contribution in [2.75, 3.05) is 13.2 Å². The van der Waals surface area contributed by atoms with Gasteiger partial charge in [-0.3, -0.25) is 9.65 Å². The molecule has 10 heteroatoms. The highest BCUT2D eigenvalue weighted by Gasteiger charge is 2.44. The molecule has 1 unspecified atom stereocenters. The van der Waals surface area contributed by atoms with E-state index in [1.165, 1.54) is 0 Å². The van der Waals surface area contributed by atoms with E-state index in [9.17, 15) is 4.57 Å². The monoisotopic (exact) mass is 669 g/mol. The topological polar surface area (TPSA) is 56.8 Å². The molecule has 222 valence electrons. The first kappa shape index (κ1) is 30.8. The van der Waals surface area contributed by atoms with E-state index in [1.807, 2.05) is 74.5 Å². The van der Waals surface area contributed by atoms with Crippen molar-refractivity contribution in [3.05, 3.63) is 130 Å². The van der Waals surface area contributed by atoms with Gasteiger partial charge in [-0.15, -0.1) is 0 Å². The van der Waals surface area contributed by atoms with Gasteiger partial charge in [-0.2, -0.15) is 0 Å². The Hall–Kier alpha value is -2.24. The molecule has 2 aliphatic heterocycles. The number of nitrogens with one attached hydrogen (secondary N) is 1. The van der Waals surface area contributed by atoms with Crippen LogP contribution in [0.25, 0.3) is 5.31 Å². The van der Waals surface area contributed by atoms with Crippen LogP contribution in [-0.4, -0.2) is 13.2 Å². The van der Waals surface area contributed by atoms with Crippen molar-refractivity contribution in [2.45, 2.75) is 26.3 Å². The van der Waals surface area contributed by atoms with Gasteiger partial charge in [0.05, 0.1) is 19.4 Å². The molecule has 2 aliphatic rings. The first-order valence-corrected chi connectivity index (χ1v) is 19.0. The average Bonchev–Trinajstić information content (AvgIpc) is 3.01. The number of hydrogen-bond acceptors (Lipinski definition) is 5. The Morgan fingerprint density at radius 1 is 0.860 bits per heavy atom. The third-order valence-corrected chi connectivity index (χ3v) is 14.2. The molecule has 0 amide bonds. The molecular weight excluding hydrogens is 639 g/mol. The molecule has 0 aromatic heterocycles. The second-order valence-electron chi connectivity index (χ2n) is 11.4. The summed E-state index contributed by atoms with van der Waals surface area (Å²) < 4.78 is 33.2. The predicted octanol–water partition coefficient (Wildman–Crippen LogP) is 9.09. The Morgan fingerprint density at radius 3 is 2.00 bits per heavy atom. The van der Waals surface area contributed by atoms with E-state index < -0.39 is 13.8 Å². The molecule has 5 nitrogen and oxygen atoms in total. The minimum Gasteiger partial charge on any atom is -0.460 e. The molecule has 6 rings (SSSR count). The summed E-state index contributed by atoms with van der Waals surface area (Å²) >= 11 is 19.3. The molecule has 2 heterocycles. The summed E-state index contributed by atoms with van der Waals surface area (Å²) in [5, 5.41) is 7.48. The molecule has 0 aliphatic carbocycles. The van der Waals surface area contributed by atoms with Crippen LogP contribution in [0.1, 0.15) is 37.4 Å². The normalized spacial score (nSPS) is 20.5. The zero-order valence-electron chi connectivity index (χ0n) is 23.7. The van der Waals surface area contributed by atoms with Gasteiger partial charge in [-0.1, -0.05) is 122 Å². The maximum Gasteiger partial charge on any atom is 0.365 e. The van der Waals surface area contributed by atoms with Crippen molar-refractivity contribution in [2.24, 2.45) is 5.41 Å². The highest BCUT2D eigenvalue weighted by molar-refractivity contribution is 8.20. The number of hydrogen-bond donors (Lipinski definition) is 1. The van der Waals surface area contributed by atoms with Gasteiger partial charge in [0.25, 0.3) is 0 Å². The van der Waals surface area contributed by atoms with E-state index in [-0.39, 0.29) is 24.7 Å². The zero-order valence-corrected chi connectivity index (χ0v) is 27.8. The number of ether oxygens (including phenoxy) is 1. The van der Waals surface area contributed by atoms with Crippen LogP contribution in [-0.2, 0) is 25.4 Å². The second kappa shape index (κ2) is 12.3. The molecule has 0 saturated carbocycles. The van der Waals surface area contributed by atoms with E-state index in [0.29, 0.717) is 38.9 Å². The van der Waals surface area contributed by atoms with Gasteiger partial charge < -0.3 is 13.8 Å². The van der Waals surface area contributed by atoms with E-state index in [0.717, 1.165) is 16.2 Å². The first-order valence-electron chi connectivity index (χ1n) is 13.9. The molecule has 43 heavy (non-hydrogen) atoms. The molecule has 1 atom stereocenters. The van der Waals surface area contributed by atoms with Crippen LogP contribution >= 0.6 is 37.0 Å². The fourth-order valence-electron chi connectivity index (χ4n) is 5.22. The highest BCUT2D eigenvalue weighted by Crippen LogP contribution is 2.66. The van der Waals surface area contributed by atoms with Crippen molar-refractivity contribution < 1.29 is 18.3 Å². The largest absolute Gasteiger partial charge is 0.460 e. The van der Waals surface area contributed by atoms with Crippen LogP contribution in [0, 0.1) is 5.41 Å². The lowest BCUT2D eigenvalue weighted by Crippen LogP contribution is -2.33. The van der Waals surface area contributed by atoms with Crippen LogP contribution in [0.2, 0.25) is 10.0 Å². The Labute approximate surface area is 267 Å². The lowest BCUT2D eigenvalue weighted by atomic mass is 9.97. The predicted molar refractivity (Wildman–Crippen MR) is 181 cm³/mol. The quantitative estimate of drug-likeness (QED) is 0.207. The van der Waals surface area contributed by atoms with Gasteiger partial charge in [0, 0.05) is 44.1 Å². The lowest BCUT2D eigenvalue weighted by molar-refractivity contribution is 0.0465. The van der Waals surface area contributed by atoms with Crippen LogP contribution in [0.5, 0.6) is 5.75 Å². The molecule has 0 bridgehead atoms. The summed E-state index contributed by atoms with van der Waals surface area (Å²) in [4.78, 5) is 0. The summed E-state index contributed by atoms with van der Waals surface area (Å²) in [7, 11) is -3.78. The minimum atomic E-state index is -3.78. The Morgan fingerprint density at radius 2 is 1.42 bits per heavy atom. The lowest BCUT2D eigenvalue weighted by Gasteiger charge is -2.38. The minimum absolute atomic E-state index is 0.275. The SMILES string of the molecule is CC1(C)COP(=O)(/C(=C2/CC(NP(=S)(c3ccccc3)c3ccccc3)c3cc(Cl)ccc3O2)c2ccc(Cl)cc2)OC1. The van der Waals surface area contributed by atoms with Gasteiger partial charge in [-0.05, 0) is 35.9 Å². The van der Waals surface area contributed by atoms with Crippen molar-refractivity contribution in [1.82, 2.24) is 5.09 Å². The maximum absolute atomic E-state index is 14.5. The standard InChI is InChI=1S/C33H31Cl2NO4P2S/c1-33(2)21-38-42(37,39-22-33)32(23-13-15-24(34)16-14-23)31-20-29(28-19-25(35)17-18-30(28)40-31)36-41(43,26-9-5-3-6-10-26)27-11-7-4-8-12-27/h3-19,29H,20-22H2,1-2H3,(H,36,43)/b32-31-. The number of benzene rings is 4.